The summed E-state index contributed by atoms with van der Waals surface area (Å²) in [6, 6.07) is 12.2. The molecular formula is C12H14N2. The van der Waals surface area contributed by atoms with Crippen molar-refractivity contribution in [3.63, 3.8) is 0 Å². The van der Waals surface area contributed by atoms with Crippen LogP contribution in [0.15, 0.2) is 42.6 Å². The highest BCUT2D eigenvalue weighted by molar-refractivity contribution is 5.40. The molecule has 0 spiro atoms. The zero-order valence-corrected chi connectivity index (χ0v) is 8.03. The van der Waals surface area contributed by atoms with Gasteiger partial charge in [-0.3, -0.25) is 0 Å². The van der Waals surface area contributed by atoms with Gasteiger partial charge in [0.1, 0.15) is 0 Å². The molecular weight excluding hydrogens is 172 g/mol. The number of hydrogen-bond acceptors (Lipinski definition) is 1. The summed E-state index contributed by atoms with van der Waals surface area (Å²) in [5.41, 5.74) is 9.10. The second-order valence-electron chi connectivity index (χ2n) is 3.44. The van der Waals surface area contributed by atoms with Crippen molar-refractivity contribution >= 4 is 5.69 Å². The maximum Gasteiger partial charge on any atom is 0.0316 e. The minimum atomic E-state index is 0.842. The third kappa shape index (κ3) is 2.16. The van der Waals surface area contributed by atoms with Crippen LogP contribution in [0.4, 0.5) is 5.69 Å². The first-order valence-electron chi connectivity index (χ1n) is 4.81. The van der Waals surface area contributed by atoms with Gasteiger partial charge >= 0.3 is 0 Å². The number of aromatic nitrogens is 1. The average Bonchev–Trinajstić information content (AvgIpc) is 2.67. The number of H-pyrrole nitrogens is 1. The lowest BCUT2D eigenvalue weighted by Crippen LogP contribution is -1.93. The van der Waals surface area contributed by atoms with E-state index in [4.69, 9.17) is 5.73 Å². The zero-order chi connectivity index (χ0) is 9.80. The van der Waals surface area contributed by atoms with E-state index in [0.29, 0.717) is 0 Å². The minimum absolute atomic E-state index is 0.842. The van der Waals surface area contributed by atoms with Crippen molar-refractivity contribution in [3.05, 3.63) is 53.9 Å². The Morgan fingerprint density at radius 1 is 1.07 bits per heavy atom. The van der Waals surface area contributed by atoms with Gasteiger partial charge < -0.3 is 10.7 Å². The van der Waals surface area contributed by atoms with Crippen LogP contribution in [0.3, 0.4) is 0 Å². The number of aromatic amines is 1. The van der Waals surface area contributed by atoms with Gasteiger partial charge in [-0.05, 0) is 42.7 Å². The van der Waals surface area contributed by atoms with Crippen molar-refractivity contribution in [2.75, 3.05) is 5.73 Å². The molecule has 0 bridgehead atoms. The molecule has 2 aromatic rings. The van der Waals surface area contributed by atoms with Crippen LogP contribution in [-0.4, -0.2) is 4.98 Å². The van der Waals surface area contributed by atoms with Gasteiger partial charge in [0.2, 0.25) is 0 Å². The lowest BCUT2D eigenvalue weighted by atomic mass is 10.1. The largest absolute Gasteiger partial charge is 0.399 e. The number of benzene rings is 1. The van der Waals surface area contributed by atoms with Crippen molar-refractivity contribution in [2.24, 2.45) is 0 Å². The Kier molecular flexibility index (Phi) is 2.54. The summed E-state index contributed by atoms with van der Waals surface area (Å²) in [6.07, 6.45) is 4.02. The predicted octanol–water partition coefficient (Wildman–Crippen LogP) is 2.38. The van der Waals surface area contributed by atoms with Crippen molar-refractivity contribution in [1.29, 1.82) is 0 Å². The van der Waals surface area contributed by atoms with E-state index < -0.39 is 0 Å². The Balaban J connectivity index is 1.98. The van der Waals surface area contributed by atoms with E-state index in [1.165, 1.54) is 11.3 Å². The predicted molar refractivity (Wildman–Crippen MR) is 59.1 cm³/mol. The first kappa shape index (κ1) is 8.88. The summed E-state index contributed by atoms with van der Waals surface area (Å²) >= 11 is 0. The molecule has 1 heterocycles. The third-order valence-electron chi connectivity index (χ3n) is 2.30. The van der Waals surface area contributed by atoms with E-state index in [9.17, 15) is 0 Å². The fourth-order valence-electron chi connectivity index (χ4n) is 1.55. The van der Waals surface area contributed by atoms with Crippen molar-refractivity contribution in [3.8, 4) is 0 Å². The summed E-state index contributed by atoms with van der Waals surface area (Å²) in [4.78, 5) is 3.19. The molecule has 0 aliphatic rings. The highest BCUT2D eigenvalue weighted by Crippen LogP contribution is 2.09. The molecule has 0 amide bonds. The summed E-state index contributed by atoms with van der Waals surface area (Å²) in [5, 5.41) is 0. The molecule has 0 saturated heterocycles. The molecule has 1 aromatic heterocycles. The highest BCUT2D eigenvalue weighted by atomic mass is 14.7. The van der Waals surface area contributed by atoms with E-state index in [2.05, 4.69) is 17.1 Å². The Hall–Kier alpha value is -1.70. The van der Waals surface area contributed by atoms with Gasteiger partial charge in [-0.25, -0.2) is 0 Å². The minimum Gasteiger partial charge on any atom is -0.399 e. The highest BCUT2D eigenvalue weighted by Gasteiger charge is 1.96. The van der Waals surface area contributed by atoms with Gasteiger partial charge in [0.05, 0.1) is 0 Å². The first-order chi connectivity index (χ1) is 6.84. The van der Waals surface area contributed by atoms with Gasteiger partial charge in [-0.1, -0.05) is 12.1 Å². The standard InChI is InChI=1S/C12H14N2/c13-11-4-1-3-10(9-11)6-7-12-5-2-8-14-12/h1-5,8-9,14H,6-7,13H2. The van der Waals surface area contributed by atoms with Crippen LogP contribution in [0.1, 0.15) is 11.3 Å². The first-order valence-corrected chi connectivity index (χ1v) is 4.81. The third-order valence-corrected chi connectivity index (χ3v) is 2.30. The van der Waals surface area contributed by atoms with Gasteiger partial charge in [0.15, 0.2) is 0 Å². The van der Waals surface area contributed by atoms with Crippen LogP contribution < -0.4 is 5.73 Å². The van der Waals surface area contributed by atoms with E-state index >= 15 is 0 Å². The maximum atomic E-state index is 5.70. The van der Waals surface area contributed by atoms with Crippen LogP contribution in [0, 0.1) is 0 Å². The van der Waals surface area contributed by atoms with E-state index in [1.807, 2.05) is 30.5 Å². The molecule has 14 heavy (non-hydrogen) atoms. The van der Waals surface area contributed by atoms with Crippen LogP contribution >= 0.6 is 0 Å². The molecule has 1 aromatic carbocycles. The molecule has 2 heteroatoms. The van der Waals surface area contributed by atoms with Crippen LogP contribution in [0.25, 0.3) is 0 Å². The van der Waals surface area contributed by atoms with E-state index in [0.717, 1.165) is 18.5 Å². The second kappa shape index (κ2) is 4.01. The van der Waals surface area contributed by atoms with Gasteiger partial charge in [0.25, 0.3) is 0 Å². The van der Waals surface area contributed by atoms with Gasteiger partial charge in [-0.2, -0.15) is 0 Å². The Labute approximate surface area is 83.8 Å². The number of nitrogens with two attached hydrogens (primary N) is 1. The Morgan fingerprint density at radius 2 is 2.00 bits per heavy atom. The normalized spacial score (nSPS) is 10.3. The molecule has 2 rings (SSSR count). The van der Waals surface area contributed by atoms with E-state index in [-0.39, 0.29) is 0 Å². The van der Waals surface area contributed by atoms with Crippen LogP contribution in [-0.2, 0) is 12.8 Å². The molecule has 72 valence electrons. The number of nitrogens with one attached hydrogen (secondary N) is 1. The molecule has 0 unspecified atom stereocenters. The fraction of sp³-hybridized carbons (Fsp3) is 0.167. The number of anilines is 1. The molecule has 0 aliphatic carbocycles. The monoisotopic (exact) mass is 186 g/mol. The summed E-state index contributed by atoms with van der Waals surface area (Å²) in [7, 11) is 0. The summed E-state index contributed by atoms with van der Waals surface area (Å²) in [5.74, 6) is 0. The van der Waals surface area contributed by atoms with Crippen molar-refractivity contribution in [2.45, 2.75) is 12.8 Å². The number of rotatable bonds is 3. The van der Waals surface area contributed by atoms with Gasteiger partial charge in [-0.15, -0.1) is 0 Å². The maximum absolute atomic E-state index is 5.70. The van der Waals surface area contributed by atoms with E-state index in [1.54, 1.807) is 0 Å². The molecule has 0 radical (unpaired) electrons. The lowest BCUT2D eigenvalue weighted by molar-refractivity contribution is 0.926. The molecule has 3 N–H and O–H groups in total. The molecule has 0 atom stereocenters. The SMILES string of the molecule is Nc1cccc(CCc2ccc[nH]2)c1. The quantitative estimate of drug-likeness (QED) is 0.710. The lowest BCUT2D eigenvalue weighted by Gasteiger charge is -2.01. The smallest absolute Gasteiger partial charge is 0.0316 e. The topological polar surface area (TPSA) is 41.8 Å². The average molecular weight is 186 g/mol. The summed E-state index contributed by atoms with van der Waals surface area (Å²) < 4.78 is 0. The number of aryl methyl sites for hydroxylation is 2. The Morgan fingerprint density at radius 3 is 2.71 bits per heavy atom. The molecule has 0 fully saturated rings. The molecule has 0 aliphatic heterocycles. The number of nitrogen functional groups attached to an aromatic ring is 1. The van der Waals surface area contributed by atoms with Crippen LogP contribution in [0.2, 0.25) is 0 Å². The number of hydrogen-bond donors (Lipinski definition) is 2. The molecule has 0 saturated carbocycles. The zero-order valence-electron chi connectivity index (χ0n) is 8.03. The van der Waals surface area contributed by atoms with Crippen molar-refractivity contribution < 1.29 is 0 Å². The Bertz CT molecular complexity index is 390. The fourth-order valence-corrected chi connectivity index (χ4v) is 1.55. The van der Waals surface area contributed by atoms with Gasteiger partial charge in [0, 0.05) is 17.6 Å². The molecule has 2 nitrogen and oxygen atoms in total. The summed E-state index contributed by atoms with van der Waals surface area (Å²) in [6.45, 7) is 0. The van der Waals surface area contributed by atoms with Crippen molar-refractivity contribution in [1.82, 2.24) is 4.98 Å². The van der Waals surface area contributed by atoms with Crippen LogP contribution in [0.5, 0.6) is 0 Å². The second-order valence-corrected chi connectivity index (χ2v) is 3.44.